The number of amides is 1. The number of rotatable bonds is 13. The number of ether oxygens (including phenoxy) is 2. The third kappa shape index (κ3) is 8.30. The van der Waals surface area contributed by atoms with Crippen molar-refractivity contribution in [2.45, 2.75) is 116 Å². The predicted molar refractivity (Wildman–Crippen MR) is 171 cm³/mol. The summed E-state index contributed by atoms with van der Waals surface area (Å²) in [7, 11) is -0.426. The lowest BCUT2D eigenvalue weighted by Crippen LogP contribution is -2.58. The Morgan fingerprint density at radius 2 is 1.68 bits per heavy atom. The van der Waals surface area contributed by atoms with Gasteiger partial charge in [0.1, 0.15) is 12.4 Å². The fraction of sp³-hybridized carbons (Fsp3) is 0.529. The highest BCUT2D eigenvalue weighted by atomic mass is 16.7. The minimum absolute atomic E-state index is 0.0278. The summed E-state index contributed by atoms with van der Waals surface area (Å²) in [6.45, 7) is 14.6. The van der Waals surface area contributed by atoms with Crippen molar-refractivity contribution in [3.8, 4) is 5.75 Å². The zero-order chi connectivity index (χ0) is 32.1. The first-order chi connectivity index (χ1) is 20.8. The van der Waals surface area contributed by atoms with Gasteiger partial charge in [-0.15, -0.1) is 0 Å². The molecule has 9 nitrogen and oxygen atoms in total. The summed E-state index contributed by atoms with van der Waals surface area (Å²) in [6, 6.07) is 15.1. The first-order valence-corrected chi connectivity index (χ1v) is 15.6. The van der Waals surface area contributed by atoms with E-state index in [1.807, 2.05) is 84.0 Å². The van der Waals surface area contributed by atoms with Crippen LogP contribution in [0.3, 0.4) is 0 Å². The minimum Gasteiger partial charge on any atom is -0.489 e. The molecular formula is C34H47BN2O7. The van der Waals surface area contributed by atoms with Gasteiger partial charge in [-0.3, -0.25) is 4.79 Å². The normalized spacial score (nSPS) is 22.5. The van der Waals surface area contributed by atoms with Crippen LogP contribution in [0.4, 0.5) is 0 Å². The lowest BCUT2D eigenvalue weighted by atomic mass is 9.78. The molecule has 3 N–H and O–H groups in total. The molecule has 0 unspecified atom stereocenters. The number of hydrogen-bond acceptors (Lipinski definition) is 7. The van der Waals surface area contributed by atoms with E-state index in [9.17, 15) is 14.7 Å². The van der Waals surface area contributed by atoms with Crippen LogP contribution < -0.4 is 20.8 Å². The van der Waals surface area contributed by atoms with Crippen LogP contribution in [0.2, 0.25) is 0 Å². The highest BCUT2D eigenvalue weighted by molar-refractivity contribution is 6.62. The van der Waals surface area contributed by atoms with Crippen molar-refractivity contribution in [1.29, 1.82) is 0 Å². The van der Waals surface area contributed by atoms with Gasteiger partial charge in [0.15, 0.2) is 0 Å². The number of hydrogen-bond donors (Lipinski definition) is 3. The third-order valence-electron chi connectivity index (χ3n) is 8.87. The first-order valence-electron chi connectivity index (χ1n) is 15.6. The van der Waals surface area contributed by atoms with Crippen LogP contribution in [0.1, 0.15) is 78.9 Å². The van der Waals surface area contributed by atoms with Gasteiger partial charge in [-0.1, -0.05) is 50.2 Å². The molecule has 0 bridgehead atoms. The summed E-state index contributed by atoms with van der Waals surface area (Å²) in [4.78, 5) is 24.0. The number of carboxylic acids is 1. The smallest absolute Gasteiger partial charge is 0.489 e. The van der Waals surface area contributed by atoms with Crippen LogP contribution in [-0.2, 0) is 36.8 Å². The van der Waals surface area contributed by atoms with Gasteiger partial charge >= 0.3 is 13.1 Å². The van der Waals surface area contributed by atoms with E-state index in [0.717, 1.165) is 35.2 Å². The summed E-state index contributed by atoms with van der Waals surface area (Å²) in [5.74, 6) is -0.423. The molecule has 238 valence electrons. The molecule has 1 fully saturated rings. The van der Waals surface area contributed by atoms with E-state index < -0.39 is 36.4 Å². The highest BCUT2D eigenvalue weighted by Crippen LogP contribution is 2.36. The van der Waals surface area contributed by atoms with Crippen LogP contribution >= 0.6 is 0 Å². The van der Waals surface area contributed by atoms with Gasteiger partial charge in [-0.05, 0) is 81.8 Å². The minimum atomic E-state index is -0.973. The van der Waals surface area contributed by atoms with Gasteiger partial charge in [0.25, 0.3) is 0 Å². The maximum Gasteiger partial charge on any atom is 0.494 e. The maximum atomic E-state index is 12.1. The number of nitrogens with one attached hydrogen (secondary N) is 2. The van der Waals surface area contributed by atoms with Crippen LogP contribution in [0.15, 0.2) is 60.2 Å². The zero-order valence-electron chi connectivity index (χ0n) is 27.0. The molecule has 0 spiro atoms. The van der Waals surface area contributed by atoms with Gasteiger partial charge in [0.05, 0.1) is 29.5 Å². The molecule has 1 heterocycles. The average Bonchev–Trinajstić information content (AvgIpc) is 3.21. The summed E-state index contributed by atoms with van der Waals surface area (Å²) in [6.07, 6.45) is 2.95. The Labute approximate surface area is 261 Å². The third-order valence-corrected chi connectivity index (χ3v) is 8.87. The van der Waals surface area contributed by atoms with Crippen molar-refractivity contribution >= 4 is 24.5 Å². The molecule has 0 aromatic heterocycles. The fourth-order valence-corrected chi connectivity index (χ4v) is 5.49. The lowest BCUT2D eigenvalue weighted by Gasteiger charge is -2.38. The Balaban J connectivity index is 1.37. The molecule has 0 radical (unpaired) electrons. The van der Waals surface area contributed by atoms with Gasteiger partial charge < -0.3 is 34.5 Å². The number of benzene rings is 2. The van der Waals surface area contributed by atoms with Gasteiger partial charge in [0.2, 0.25) is 5.91 Å². The van der Waals surface area contributed by atoms with Crippen molar-refractivity contribution in [3.05, 3.63) is 71.3 Å². The zero-order valence-corrected chi connectivity index (χ0v) is 27.0. The number of carboxylic acid groups (broad SMARTS) is 1. The molecule has 4 rings (SSSR count). The molecule has 0 saturated carbocycles. The number of aliphatic carboxylic acids is 1. The molecule has 1 aliphatic heterocycles. The Morgan fingerprint density at radius 1 is 1.02 bits per heavy atom. The van der Waals surface area contributed by atoms with Gasteiger partial charge in [0, 0.05) is 25.1 Å². The molecular weight excluding hydrogens is 559 g/mol. The average molecular weight is 607 g/mol. The topological polar surface area (TPSA) is 115 Å². The Hall–Kier alpha value is -3.18. The Kier molecular flexibility index (Phi) is 10.9. The van der Waals surface area contributed by atoms with E-state index in [1.165, 1.54) is 6.92 Å². The molecule has 10 heteroatoms. The second-order valence-corrected chi connectivity index (χ2v) is 12.7. The Morgan fingerprint density at radius 3 is 2.27 bits per heavy atom. The molecule has 2 aromatic rings. The summed E-state index contributed by atoms with van der Waals surface area (Å²) in [5.41, 5.74) is 2.45. The SMILES string of the molecule is CCC(CC)O[C@@H]1C=C(C(=O)O)C[C@H](NCc2ccc(OCc3cccc(B4OC(C)(C)C(C)(C)O4)c3)cc2)[C@H]1NC(C)=O. The summed E-state index contributed by atoms with van der Waals surface area (Å²) < 4.78 is 24.7. The highest BCUT2D eigenvalue weighted by Gasteiger charge is 2.51. The second kappa shape index (κ2) is 14.3. The van der Waals surface area contributed by atoms with Crippen LogP contribution in [-0.4, -0.2) is 59.6 Å². The largest absolute Gasteiger partial charge is 0.494 e. The van der Waals surface area contributed by atoms with Crippen LogP contribution in [0, 0.1) is 0 Å². The predicted octanol–water partition coefficient (Wildman–Crippen LogP) is 4.52. The van der Waals surface area contributed by atoms with Crippen LogP contribution in [0.5, 0.6) is 5.75 Å². The molecule has 1 saturated heterocycles. The van der Waals surface area contributed by atoms with Crippen molar-refractivity contribution in [2.75, 3.05) is 0 Å². The number of carbonyl (C=O) groups excluding carboxylic acids is 1. The molecule has 2 aromatic carbocycles. The standard InChI is InChI=1S/C34H47BN2O7/c1-8-27(9-2)42-30-19-25(32(39)40)18-29(31(30)37-22(3)38)36-20-23-13-15-28(16-14-23)41-21-24-11-10-12-26(17-24)35-43-33(4,5)34(6,7)44-35/h10-17,19,27,29-31,36H,8-9,18,20-21H2,1-7H3,(H,37,38)(H,39,40)/t29-,30+,31+/m0/s1. The van der Waals surface area contributed by atoms with Gasteiger partial charge in [-0.2, -0.15) is 0 Å². The monoisotopic (exact) mass is 606 g/mol. The Bertz CT molecular complexity index is 1310. The van der Waals surface area contributed by atoms with Crippen molar-refractivity contribution in [1.82, 2.24) is 10.6 Å². The van der Waals surface area contributed by atoms with E-state index >= 15 is 0 Å². The van der Waals surface area contributed by atoms with Gasteiger partial charge in [-0.25, -0.2) is 4.79 Å². The molecule has 1 aliphatic carbocycles. The quantitative estimate of drug-likeness (QED) is 0.286. The van der Waals surface area contributed by atoms with Crippen molar-refractivity contribution < 1.29 is 33.5 Å². The molecule has 3 atom stereocenters. The lowest BCUT2D eigenvalue weighted by molar-refractivity contribution is -0.133. The second-order valence-electron chi connectivity index (χ2n) is 12.7. The summed E-state index contributed by atoms with van der Waals surface area (Å²) in [5, 5.41) is 16.3. The van der Waals surface area contributed by atoms with E-state index in [1.54, 1.807) is 6.08 Å². The van der Waals surface area contributed by atoms with Crippen molar-refractivity contribution in [2.24, 2.45) is 0 Å². The molecule has 2 aliphatic rings. The molecule has 44 heavy (non-hydrogen) atoms. The molecule has 1 amide bonds. The van der Waals surface area contributed by atoms with Crippen molar-refractivity contribution in [3.63, 3.8) is 0 Å². The first kappa shape index (κ1) is 33.7. The number of carbonyl (C=O) groups is 2. The van der Waals surface area contributed by atoms with E-state index in [-0.39, 0.29) is 30.0 Å². The van der Waals surface area contributed by atoms with E-state index in [0.29, 0.717) is 13.2 Å². The van der Waals surface area contributed by atoms with E-state index in [4.69, 9.17) is 18.8 Å². The van der Waals surface area contributed by atoms with Crippen LogP contribution in [0.25, 0.3) is 0 Å². The maximum absolute atomic E-state index is 12.1. The fourth-order valence-electron chi connectivity index (χ4n) is 5.49. The van der Waals surface area contributed by atoms with E-state index in [2.05, 4.69) is 16.7 Å². The summed E-state index contributed by atoms with van der Waals surface area (Å²) >= 11 is 0.